The first-order valence-corrected chi connectivity index (χ1v) is 5.22. The van der Waals surface area contributed by atoms with Crippen LogP contribution in [0.3, 0.4) is 0 Å². The molecule has 0 aliphatic carbocycles. The molecule has 0 radical (unpaired) electrons. The number of aldehydes is 1. The molecule has 2 aromatic rings. The van der Waals surface area contributed by atoms with E-state index in [1.807, 2.05) is 38.1 Å². The second-order valence-corrected chi connectivity index (χ2v) is 3.85. The van der Waals surface area contributed by atoms with Gasteiger partial charge in [0.15, 0.2) is 6.29 Å². The molecule has 0 amide bonds. The van der Waals surface area contributed by atoms with Crippen molar-refractivity contribution < 1.29 is 9.53 Å². The molecule has 82 valence electrons. The van der Waals surface area contributed by atoms with Gasteiger partial charge in [-0.05, 0) is 26.0 Å². The van der Waals surface area contributed by atoms with E-state index in [0.717, 1.165) is 22.9 Å². The van der Waals surface area contributed by atoms with E-state index in [1.54, 1.807) is 6.07 Å². The Morgan fingerprint density at radius 3 is 2.75 bits per heavy atom. The van der Waals surface area contributed by atoms with E-state index in [-0.39, 0.29) is 6.10 Å². The van der Waals surface area contributed by atoms with Crippen LogP contribution in [0.25, 0.3) is 10.9 Å². The van der Waals surface area contributed by atoms with Crippen LogP contribution >= 0.6 is 0 Å². The Morgan fingerprint density at radius 1 is 1.25 bits per heavy atom. The van der Waals surface area contributed by atoms with Crippen LogP contribution in [-0.4, -0.2) is 17.4 Å². The summed E-state index contributed by atoms with van der Waals surface area (Å²) in [4.78, 5) is 14.9. The summed E-state index contributed by atoms with van der Waals surface area (Å²) in [6.07, 6.45) is 0.832. The number of aromatic nitrogens is 1. The normalized spacial score (nSPS) is 10.7. The molecule has 0 unspecified atom stereocenters. The molecule has 2 rings (SSSR count). The molecule has 3 heteroatoms. The highest BCUT2D eigenvalue weighted by Gasteiger charge is 2.05. The highest BCUT2D eigenvalue weighted by molar-refractivity contribution is 5.87. The van der Waals surface area contributed by atoms with E-state index in [1.165, 1.54) is 0 Å². The predicted octanol–water partition coefficient (Wildman–Crippen LogP) is 2.83. The monoisotopic (exact) mass is 215 g/mol. The third kappa shape index (κ3) is 2.03. The summed E-state index contributed by atoms with van der Waals surface area (Å²) in [6, 6.07) is 9.31. The number of carbonyl (C=O) groups is 1. The van der Waals surface area contributed by atoms with Gasteiger partial charge >= 0.3 is 0 Å². The number of nitrogens with zero attached hydrogens (tertiary/aromatic N) is 1. The highest BCUT2D eigenvalue weighted by Crippen LogP contribution is 2.24. The number of pyridine rings is 1. The molecule has 3 nitrogen and oxygen atoms in total. The van der Waals surface area contributed by atoms with Gasteiger partial charge in [-0.3, -0.25) is 4.79 Å². The van der Waals surface area contributed by atoms with E-state index in [0.29, 0.717) is 5.69 Å². The molecule has 0 saturated heterocycles. The minimum absolute atomic E-state index is 0.0901. The van der Waals surface area contributed by atoms with Crippen molar-refractivity contribution in [2.75, 3.05) is 0 Å². The van der Waals surface area contributed by atoms with Crippen molar-refractivity contribution in [1.29, 1.82) is 0 Å². The minimum atomic E-state index is 0.0901. The topological polar surface area (TPSA) is 39.2 Å². The van der Waals surface area contributed by atoms with Crippen molar-refractivity contribution in [3.05, 3.63) is 36.0 Å². The zero-order valence-electron chi connectivity index (χ0n) is 9.31. The molecule has 0 spiro atoms. The van der Waals surface area contributed by atoms with Crippen LogP contribution < -0.4 is 4.74 Å². The van der Waals surface area contributed by atoms with E-state index < -0.39 is 0 Å². The third-order valence-corrected chi connectivity index (χ3v) is 2.19. The van der Waals surface area contributed by atoms with Crippen molar-refractivity contribution >= 4 is 17.2 Å². The second-order valence-electron chi connectivity index (χ2n) is 3.85. The fourth-order valence-electron chi connectivity index (χ4n) is 1.55. The van der Waals surface area contributed by atoms with Crippen LogP contribution in [0.4, 0.5) is 0 Å². The lowest BCUT2D eigenvalue weighted by Gasteiger charge is -2.11. The van der Waals surface area contributed by atoms with Gasteiger partial charge in [0.2, 0.25) is 0 Å². The maximum Gasteiger partial charge on any atom is 0.168 e. The van der Waals surface area contributed by atoms with Crippen LogP contribution in [0.5, 0.6) is 5.75 Å². The summed E-state index contributed by atoms with van der Waals surface area (Å²) in [7, 11) is 0. The summed E-state index contributed by atoms with van der Waals surface area (Å²) < 4.78 is 5.65. The number of benzene rings is 1. The second kappa shape index (κ2) is 4.31. The third-order valence-electron chi connectivity index (χ3n) is 2.19. The highest BCUT2D eigenvalue weighted by atomic mass is 16.5. The van der Waals surface area contributed by atoms with Gasteiger partial charge in [-0.1, -0.05) is 18.2 Å². The molecule has 1 aromatic heterocycles. The number of para-hydroxylation sites is 1. The number of carbonyl (C=O) groups excluding carboxylic acids is 1. The van der Waals surface area contributed by atoms with Gasteiger partial charge in [0, 0.05) is 5.39 Å². The lowest BCUT2D eigenvalue weighted by atomic mass is 10.2. The van der Waals surface area contributed by atoms with Gasteiger partial charge in [-0.25, -0.2) is 4.98 Å². The molecule has 16 heavy (non-hydrogen) atoms. The molecule has 0 fully saturated rings. The van der Waals surface area contributed by atoms with E-state index in [4.69, 9.17) is 4.74 Å². The Labute approximate surface area is 94.1 Å². The van der Waals surface area contributed by atoms with Crippen LogP contribution in [0.2, 0.25) is 0 Å². The Balaban J connectivity index is 2.59. The quantitative estimate of drug-likeness (QED) is 0.739. The van der Waals surface area contributed by atoms with Gasteiger partial charge in [-0.15, -0.1) is 0 Å². The summed E-state index contributed by atoms with van der Waals surface area (Å²) in [5, 5.41) is 0.976. The maximum absolute atomic E-state index is 10.7. The lowest BCUT2D eigenvalue weighted by Crippen LogP contribution is -2.06. The summed E-state index contributed by atoms with van der Waals surface area (Å²) in [5.74, 6) is 0.719. The average Bonchev–Trinajstić information content (AvgIpc) is 2.28. The van der Waals surface area contributed by atoms with Crippen molar-refractivity contribution in [2.24, 2.45) is 0 Å². The van der Waals surface area contributed by atoms with Crippen LogP contribution in [-0.2, 0) is 0 Å². The first-order valence-electron chi connectivity index (χ1n) is 5.22. The molecular weight excluding hydrogens is 202 g/mol. The average molecular weight is 215 g/mol. The lowest BCUT2D eigenvalue weighted by molar-refractivity contribution is 0.111. The molecule has 0 bridgehead atoms. The maximum atomic E-state index is 10.7. The fourth-order valence-corrected chi connectivity index (χ4v) is 1.55. The number of fused-ring (bicyclic) bond motifs is 1. The summed E-state index contributed by atoms with van der Waals surface area (Å²) >= 11 is 0. The number of hydrogen-bond acceptors (Lipinski definition) is 3. The van der Waals surface area contributed by atoms with Gasteiger partial charge in [0.25, 0.3) is 0 Å². The zero-order valence-corrected chi connectivity index (χ0v) is 9.31. The Bertz CT molecular complexity index is 520. The smallest absolute Gasteiger partial charge is 0.168 e. The fraction of sp³-hybridized carbons (Fsp3) is 0.231. The van der Waals surface area contributed by atoms with Gasteiger partial charge in [0.05, 0.1) is 6.10 Å². The molecule has 1 aromatic carbocycles. The first-order chi connectivity index (χ1) is 7.70. The van der Waals surface area contributed by atoms with Crippen molar-refractivity contribution in [3.8, 4) is 5.75 Å². The molecule has 0 atom stereocenters. The van der Waals surface area contributed by atoms with Crippen molar-refractivity contribution in [2.45, 2.75) is 20.0 Å². The largest absolute Gasteiger partial charge is 0.489 e. The van der Waals surface area contributed by atoms with Crippen LogP contribution in [0, 0.1) is 0 Å². The van der Waals surface area contributed by atoms with Crippen LogP contribution in [0.1, 0.15) is 24.3 Å². The van der Waals surface area contributed by atoms with Gasteiger partial charge < -0.3 is 4.74 Å². The molecular formula is C13H13NO2. The molecule has 0 aliphatic rings. The SMILES string of the molecule is CC(C)Oc1cccc2ccc(C=O)nc12. The Kier molecular flexibility index (Phi) is 2.86. The zero-order chi connectivity index (χ0) is 11.5. The predicted molar refractivity (Wildman–Crippen MR) is 62.9 cm³/mol. The first kappa shape index (κ1) is 10.6. The number of hydrogen-bond donors (Lipinski definition) is 0. The summed E-state index contributed by atoms with van der Waals surface area (Å²) in [5.41, 5.74) is 1.16. The van der Waals surface area contributed by atoms with Crippen LogP contribution in [0.15, 0.2) is 30.3 Å². The summed E-state index contributed by atoms with van der Waals surface area (Å²) in [6.45, 7) is 3.92. The number of rotatable bonds is 3. The van der Waals surface area contributed by atoms with Crippen molar-refractivity contribution in [1.82, 2.24) is 4.98 Å². The standard InChI is InChI=1S/C13H13NO2/c1-9(2)16-12-5-3-4-10-6-7-11(8-15)14-13(10)12/h3-9H,1-2H3. The molecule has 0 saturated carbocycles. The Morgan fingerprint density at radius 2 is 2.06 bits per heavy atom. The number of ether oxygens (including phenoxy) is 1. The molecule has 0 aliphatic heterocycles. The van der Waals surface area contributed by atoms with E-state index in [9.17, 15) is 4.79 Å². The van der Waals surface area contributed by atoms with E-state index >= 15 is 0 Å². The van der Waals surface area contributed by atoms with Gasteiger partial charge in [0.1, 0.15) is 17.0 Å². The Hall–Kier alpha value is -1.90. The van der Waals surface area contributed by atoms with Gasteiger partial charge in [-0.2, -0.15) is 0 Å². The van der Waals surface area contributed by atoms with Crippen molar-refractivity contribution in [3.63, 3.8) is 0 Å². The molecule has 1 heterocycles. The van der Waals surface area contributed by atoms with E-state index in [2.05, 4.69) is 4.98 Å². The minimum Gasteiger partial charge on any atom is -0.489 e. The molecule has 0 N–H and O–H groups in total.